The van der Waals surface area contributed by atoms with Crippen molar-refractivity contribution in [2.24, 2.45) is 5.92 Å². The maximum atomic E-state index is 13.7. The molecule has 1 atom stereocenters. The molecule has 1 N–H and O–H groups in total. The van der Waals surface area contributed by atoms with Gasteiger partial charge in [-0.1, -0.05) is 13.0 Å². The first-order chi connectivity index (χ1) is 15.0. The first-order valence-electron chi connectivity index (χ1n) is 11.6. The molecule has 3 aliphatic rings. The molecule has 7 heteroatoms. The summed E-state index contributed by atoms with van der Waals surface area (Å²) in [6.45, 7) is 6.14. The zero-order valence-electron chi connectivity index (χ0n) is 18.8. The van der Waals surface area contributed by atoms with Crippen molar-refractivity contribution in [3.05, 3.63) is 29.8 Å². The maximum absolute atomic E-state index is 13.7. The van der Waals surface area contributed by atoms with Gasteiger partial charge in [-0.25, -0.2) is 0 Å². The summed E-state index contributed by atoms with van der Waals surface area (Å²) in [6, 6.07) is 6.54. The van der Waals surface area contributed by atoms with E-state index in [4.69, 9.17) is 9.47 Å². The van der Waals surface area contributed by atoms with Crippen molar-refractivity contribution in [3.63, 3.8) is 0 Å². The average Bonchev–Trinajstić information content (AvgIpc) is 3.44. The highest BCUT2D eigenvalue weighted by molar-refractivity contribution is 5.98. The zero-order chi connectivity index (χ0) is 21.8. The largest absolute Gasteiger partial charge is 0.497 e. The van der Waals surface area contributed by atoms with Crippen LogP contribution in [0, 0.1) is 5.92 Å². The first-order valence-corrected chi connectivity index (χ1v) is 11.6. The van der Waals surface area contributed by atoms with Crippen LogP contribution in [0.1, 0.15) is 55.8 Å². The zero-order valence-corrected chi connectivity index (χ0v) is 18.8. The number of likely N-dealkylation sites (tertiary alicyclic amines) is 1. The molecule has 1 aromatic carbocycles. The number of amides is 2. The lowest BCUT2D eigenvalue weighted by molar-refractivity contribution is -0.127. The van der Waals surface area contributed by atoms with Crippen LogP contribution in [0.25, 0.3) is 0 Å². The van der Waals surface area contributed by atoms with Gasteiger partial charge in [-0.05, 0) is 75.7 Å². The molecule has 170 valence electrons. The monoisotopic (exact) mass is 429 g/mol. The summed E-state index contributed by atoms with van der Waals surface area (Å²) in [6.07, 6.45) is 5.97. The lowest BCUT2D eigenvalue weighted by atomic mass is 9.83. The molecule has 0 unspecified atom stereocenters. The summed E-state index contributed by atoms with van der Waals surface area (Å²) >= 11 is 0. The molecule has 1 aliphatic carbocycles. The third-order valence-electron chi connectivity index (χ3n) is 7.08. The summed E-state index contributed by atoms with van der Waals surface area (Å²) in [4.78, 5) is 30.9. The number of nitrogens with zero attached hydrogens (tertiary/aromatic N) is 2. The van der Waals surface area contributed by atoms with E-state index >= 15 is 0 Å². The van der Waals surface area contributed by atoms with Gasteiger partial charge in [0.1, 0.15) is 17.5 Å². The van der Waals surface area contributed by atoms with E-state index in [9.17, 15) is 9.59 Å². The average molecular weight is 430 g/mol. The number of carbonyl (C=O) groups excluding carboxylic acids is 2. The van der Waals surface area contributed by atoms with Gasteiger partial charge in [0, 0.05) is 18.7 Å². The SMILES string of the molecule is COc1cccc(C(=O)N2[C@H](C(=O)NCCN3CCCC3)COC23CCC(C)CC3)c1. The van der Waals surface area contributed by atoms with Crippen LogP contribution in [-0.2, 0) is 9.53 Å². The molecular weight excluding hydrogens is 394 g/mol. The van der Waals surface area contributed by atoms with Crippen molar-refractivity contribution in [2.75, 3.05) is 39.9 Å². The Bertz CT molecular complexity index is 785. The predicted molar refractivity (Wildman–Crippen MR) is 118 cm³/mol. The number of ether oxygens (including phenoxy) is 2. The van der Waals surface area contributed by atoms with Crippen LogP contribution in [0.3, 0.4) is 0 Å². The molecule has 1 spiro atoms. The lowest BCUT2D eigenvalue weighted by Crippen LogP contribution is -2.57. The minimum Gasteiger partial charge on any atom is -0.497 e. The van der Waals surface area contributed by atoms with Gasteiger partial charge >= 0.3 is 0 Å². The fourth-order valence-corrected chi connectivity index (χ4v) is 5.14. The minimum atomic E-state index is -0.691. The third-order valence-corrected chi connectivity index (χ3v) is 7.08. The van der Waals surface area contributed by atoms with Crippen molar-refractivity contribution in [1.82, 2.24) is 15.1 Å². The first kappa shape index (κ1) is 22.1. The highest BCUT2D eigenvalue weighted by atomic mass is 16.5. The molecule has 2 heterocycles. The van der Waals surface area contributed by atoms with Crippen molar-refractivity contribution in [3.8, 4) is 5.75 Å². The van der Waals surface area contributed by atoms with Gasteiger partial charge < -0.3 is 19.7 Å². The smallest absolute Gasteiger partial charge is 0.257 e. The van der Waals surface area contributed by atoms with Crippen molar-refractivity contribution in [2.45, 2.75) is 57.2 Å². The van der Waals surface area contributed by atoms with E-state index in [1.165, 1.54) is 12.8 Å². The van der Waals surface area contributed by atoms with Gasteiger partial charge in [-0.3, -0.25) is 14.5 Å². The summed E-state index contributed by atoms with van der Waals surface area (Å²) in [5, 5.41) is 3.06. The molecule has 0 radical (unpaired) electrons. The van der Waals surface area contributed by atoms with E-state index < -0.39 is 11.8 Å². The molecule has 4 rings (SSSR count). The third kappa shape index (κ3) is 4.72. The Hall–Kier alpha value is -2.12. The van der Waals surface area contributed by atoms with E-state index in [1.54, 1.807) is 24.1 Å². The number of methoxy groups -OCH3 is 1. The Balaban J connectivity index is 1.52. The number of hydrogen-bond acceptors (Lipinski definition) is 5. The van der Waals surface area contributed by atoms with Gasteiger partial charge in [0.05, 0.1) is 13.7 Å². The number of hydrogen-bond donors (Lipinski definition) is 1. The quantitative estimate of drug-likeness (QED) is 0.753. The van der Waals surface area contributed by atoms with Gasteiger partial charge in [0.2, 0.25) is 5.91 Å². The molecule has 7 nitrogen and oxygen atoms in total. The van der Waals surface area contributed by atoms with Crippen LogP contribution in [-0.4, -0.2) is 73.3 Å². The van der Waals surface area contributed by atoms with Crippen LogP contribution in [0.5, 0.6) is 5.75 Å². The summed E-state index contributed by atoms with van der Waals surface area (Å²) < 4.78 is 11.6. The molecule has 31 heavy (non-hydrogen) atoms. The molecule has 1 aromatic rings. The maximum Gasteiger partial charge on any atom is 0.257 e. The van der Waals surface area contributed by atoms with Crippen molar-refractivity contribution < 1.29 is 19.1 Å². The van der Waals surface area contributed by atoms with Gasteiger partial charge in [0.25, 0.3) is 5.91 Å². The van der Waals surface area contributed by atoms with E-state index in [0.29, 0.717) is 23.8 Å². The van der Waals surface area contributed by atoms with Gasteiger partial charge in [-0.2, -0.15) is 0 Å². The van der Waals surface area contributed by atoms with E-state index in [0.717, 1.165) is 45.3 Å². The van der Waals surface area contributed by atoms with Crippen LogP contribution >= 0.6 is 0 Å². The minimum absolute atomic E-state index is 0.120. The standard InChI is InChI=1S/C24H35N3O4/c1-18-8-10-24(11-9-18)27(23(29)19-6-5-7-20(16-19)30-2)21(17-31-24)22(28)25-12-15-26-13-3-4-14-26/h5-7,16,18,21H,3-4,8-15,17H2,1-2H3,(H,25,28)/t18?,21-,24?/m0/s1. The molecule has 2 aliphatic heterocycles. The molecule has 2 amide bonds. The Kier molecular flexibility index (Phi) is 6.82. The van der Waals surface area contributed by atoms with Crippen LogP contribution in [0.4, 0.5) is 0 Å². The summed E-state index contributed by atoms with van der Waals surface area (Å²) in [7, 11) is 1.59. The van der Waals surface area contributed by atoms with Gasteiger partial charge in [0.15, 0.2) is 0 Å². The number of nitrogens with one attached hydrogen (secondary N) is 1. The van der Waals surface area contributed by atoms with E-state index in [-0.39, 0.29) is 18.4 Å². The second kappa shape index (κ2) is 9.57. The van der Waals surface area contributed by atoms with Gasteiger partial charge in [-0.15, -0.1) is 0 Å². The van der Waals surface area contributed by atoms with E-state index in [1.807, 2.05) is 12.1 Å². The Labute approximate surface area is 185 Å². The highest BCUT2D eigenvalue weighted by Gasteiger charge is 2.53. The Morgan fingerprint density at radius 2 is 1.97 bits per heavy atom. The molecule has 0 bridgehead atoms. The van der Waals surface area contributed by atoms with Crippen LogP contribution < -0.4 is 10.1 Å². The second-order valence-corrected chi connectivity index (χ2v) is 9.20. The highest BCUT2D eigenvalue weighted by Crippen LogP contribution is 2.43. The fraction of sp³-hybridized carbons (Fsp3) is 0.667. The molecule has 0 aromatic heterocycles. The van der Waals surface area contributed by atoms with Crippen LogP contribution in [0.2, 0.25) is 0 Å². The van der Waals surface area contributed by atoms with Crippen molar-refractivity contribution >= 4 is 11.8 Å². The predicted octanol–water partition coefficient (Wildman–Crippen LogP) is 2.65. The number of rotatable bonds is 6. The molecule has 3 fully saturated rings. The summed E-state index contributed by atoms with van der Waals surface area (Å²) in [5.41, 5.74) is -0.165. The number of benzene rings is 1. The summed E-state index contributed by atoms with van der Waals surface area (Å²) in [5.74, 6) is 0.955. The Morgan fingerprint density at radius 1 is 1.23 bits per heavy atom. The van der Waals surface area contributed by atoms with E-state index in [2.05, 4.69) is 17.1 Å². The van der Waals surface area contributed by atoms with Crippen LogP contribution in [0.15, 0.2) is 24.3 Å². The Morgan fingerprint density at radius 3 is 2.68 bits per heavy atom. The lowest BCUT2D eigenvalue weighted by Gasteiger charge is -2.43. The number of carbonyl (C=O) groups is 2. The molecule has 1 saturated carbocycles. The fourth-order valence-electron chi connectivity index (χ4n) is 5.14. The second-order valence-electron chi connectivity index (χ2n) is 9.20. The normalized spacial score (nSPS) is 28.8. The molecular formula is C24H35N3O4. The topological polar surface area (TPSA) is 71.1 Å². The van der Waals surface area contributed by atoms with Crippen molar-refractivity contribution in [1.29, 1.82) is 0 Å². The molecule has 2 saturated heterocycles.